The number of amides is 2. The van der Waals surface area contributed by atoms with E-state index in [2.05, 4.69) is 17.6 Å². The van der Waals surface area contributed by atoms with Gasteiger partial charge < -0.3 is 15.0 Å². The Morgan fingerprint density at radius 1 is 1.14 bits per heavy atom. The van der Waals surface area contributed by atoms with E-state index in [4.69, 9.17) is 4.74 Å². The van der Waals surface area contributed by atoms with Crippen LogP contribution < -0.4 is 10.6 Å². The van der Waals surface area contributed by atoms with E-state index >= 15 is 0 Å². The highest BCUT2D eigenvalue weighted by molar-refractivity contribution is 5.84. The molecule has 0 bridgehead atoms. The van der Waals surface area contributed by atoms with Crippen LogP contribution >= 0.6 is 0 Å². The Labute approximate surface area is 127 Å². The van der Waals surface area contributed by atoms with Crippen LogP contribution in [-0.2, 0) is 14.3 Å². The van der Waals surface area contributed by atoms with Crippen molar-refractivity contribution >= 4 is 11.8 Å². The van der Waals surface area contributed by atoms with Crippen LogP contribution in [-0.4, -0.2) is 61.6 Å². The maximum Gasteiger partial charge on any atom is 0.239 e. The number of hydrogen-bond donors (Lipinski definition) is 2. The van der Waals surface area contributed by atoms with E-state index < -0.39 is 0 Å². The smallest absolute Gasteiger partial charge is 0.239 e. The monoisotopic (exact) mass is 299 g/mol. The molecule has 21 heavy (non-hydrogen) atoms. The van der Waals surface area contributed by atoms with Crippen LogP contribution in [0.3, 0.4) is 0 Å². The van der Waals surface area contributed by atoms with Crippen LogP contribution in [0, 0.1) is 0 Å². The molecule has 1 heterocycles. The van der Waals surface area contributed by atoms with Crippen LogP contribution in [0.4, 0.5) is 0 Å². The highest BCUT2D eigenvalue weighted by Crippen LogP contribution is 2.01. The molecule has 0 aliphatic carbocycles. The molecule has 0 saturated carbocycles. The maximum absolute atomic E-state index is 12.2. The maximum atomic E-state index is 12.2. The zero-order valence-electron chi connectivity index (χ0n) is 13.5. The first-order chi connectivity index (χ1) is 10.1. The zero-order chi connectivity index (χ0) is 15.7. The largest absolute Gasteiger partial charge is 0.378 e. The molecular weight excluding hydrogens is 270 g/mol. The van der Waals surface area contributed by atoms with Gasteiger partial charge in [-0.05, 0) is 20.3 Å². The van der Waals surface area contributed by atoms with E-state index in [1.165, 1.54) is 0 Å². The van der Waals surface area contributed by atoms with Gasteiger partial charge in [-0.1, -0.05) is 19.8 Å². The molecule has 122 valence electrons. The highest BCUT2D eigenvalue weighted by Gasteiger charge is 2.25. The lowest BCUT2D eigenvalue weighted by Gasteiger charge is -2.30. The molecular formula is C15H29N3O3. The van der Waals surface area contributed by atoms with Crippen molar-refractivity contribution < 1.29 is 14.3 Å². The molecule has 2 N–H and O–H groups in total. The number of morpholine rings is 1. The van der Waals surface area contributed by atoms with Gasteiger partial charge in [0.15, 0.2) is 0 Å². The summed E-state index contributed by atoms with van der Waals surface area (Å²) in [5.41, 5.74) is 0. The van der Waals surface area contributed by atoms with Gasteiger partial charge in [-0.15, -0.1) is 0 Å². The third-order valence-electron chi connectivity index (χ3n) is 3.67. The van der Waals surface area contributed by atoms with E-state index in [1.807, 2.05) is 0 Å². The van der Waals surface area contributed by atoms with Gasteiger partial charge >= 0.3 is 0 Å². The molecule has 6 heteroatoms. The van der Waals surface area contributed by atoms with Gasteiger partial charge in [0.1, 0.15) is 0 Å². The molecule has 1 fully saturated rings. The first-order valence-corrected chi connectivity index (χ1v) is 7.96. The fourth-order valence-corrected chi connectivity index (χ4v) is 2.32. The molecule has 0 aromatic carbocycles. The fraction of sp³-hybridized carbons (Fsp3) is 0.867. The van der Waals surface area contributed by atoms with Crippen molar-refractivity contribution in [3.63, 3.8) is 0 Å². The summed E-state index contributed by atoms with van der Waals surface area (Å²) in [5.74, 6) is -0.0170. The van der Waals surface area contributed by atoms with Gasteiger partial charge in [0, 0.05) is 19.6 Å². The quantitative estimate of drug-likeness (QED) is 0.641. The average molecular weight is 299 g/mol. The van der Waals surface area contributed by atoms with Gasteiger partial charge in [-0.25, -0.2) is 0 Å². The number of ether oxygens (including phenoxy) is 1. The molecule has 2 unspecified atom stereocenters. The Bertz CT molecular complexity index is 330. The first-order valence-electron chi connectivity index (χ1n) is 7.96. The lowest BCUT2D eigenvalue weighted by molar-refractivity contribution is -0.137. The van der Waals surface area contributed by atoms with Gasteiger partial charge in [0.2, 0.25) is 11.8 Å². The highest BCUT2D eigenvalue weighted by atomic mass is 16.5. The second-order valence-corrected chi connectivity index (χ2v) is 5.55. The summed E-state index contributed by atoms with van der Waals surface area (Å²) in [6, 6.07) is -0.730. The predicted octanol–water partition coefficient (Wildman–Crippen LogP) is 0.518. The number of nitrogens with one attached hydrogen (secondary N) is 2. The molecule has 1 saturated heterocycles. The summed E-state index contributed by atoms with van der Waals surface area (Å²) in [7, 11) is 0. The van der Waals surface area contributed by atoms with Crippen LogP contribution in [0.15, 0.2) is 0 Å². The summed E-state index contributed by atoms with van der Waals surface area (Å²) in [6.45, 7) is 8.86. The second-order valence-electron chi connectivity index (χ2n) is 5.55. The molecule has 0 radical (unpaired) electrons. The van der Waals surface area contributed by atoms with E-state index in [0.29, 0.717) is 32.8 Å². The lowest BCUT2D eigenvalue weighted by Crippen LogP contribution is -2.53. The first kappa shape index (κ1) is 17.9. The Morgan fingerprint density at radius 2 is 1.81 bits per heavy atom. The van der Waals surface area contributed by atoms with E-state index in [9.17, 15) is 9.59 Å². The fourth-order valence-electron chi connectivity index (χ4n) is 2.32. The van der Waals surface area contributed by atoms with Crippen molar-refractivity contribution in [1.29, 1.82) is 0 Å². The van der Waals surface area contributed by atoms with E-state index in [-0.39, 0.29) is 23.9 Å². The Morgan fingerprint density at radius 3 is 2.43 bits per heavy atom. The summed E-state index contributed by atoms with van der Waals surface area (Å²) in [5, 5.41) is 5.97. The van der Waals surface area contributed by atoms with Crippen molar-refractivity contribution in [3.8, 4) is 0 Å². The molecule has 0 aromatic heterocycles. The van der Waals surface area contributed by atoms with Crippen molar-refractivity contribution in [2.45, 2.75) is 52.1 Å². The molecule has 1 rings (SSSR count). The van der Waals surface area contributed by atoms with Crippen molar-refractivity contribution in [1.82, 2.24) is 15.5 Å². The minimum atomic E-state index is -0.369. The molecule has 0 aromatic rings. The third kappa shape index (κ3) is 6.44. The molecule has 6 nitrogen and oxygen atoms in total. The topological polar surface area (TPSA) is 70.7 Å². The number of nitrogens with zero attached hydrogens (tertiary/aromatic N) is 1. The van der Waals surface area contributed by atoms with E-state index in [0.717, 1.165) is 19.3 Å². The number of hydrogen-bond acceptors (Lipinski definition) is 4. The van der Waals surface area contributed by atoms with Crippen molar-refractivity contribution in [2.75, 3.05) is 32.8 Å². The summed E-state index contributed by atoms with van der Waals surface area (Å²) < 4.78 is 5.23. The number of carbonyl (C=O) groups excluding carboxylic acids is 2. The predicted molar refractivity (Wildman–Crippen MR) is 82.0 cm³/mol. The molecule has 2 amide bonds. The molecule has 1 aliphatic heterocycles. The molecule has 0 spiro atoms. The SMILES string of the molecule is CCCCCNC(=O)C(C)NC(C)C(=O)N1CCOCC1. The van der Waals surface area contributed by atoms with Gasteiger partial charge in [-0.2, -0.15) is 0 Å². The zero-order valence-corrected chi connectivity index (χ0v) is 13.5. The summed E-state index contributed by atoms with van der Waals surface area (Å²) >= 11 is 0. The van der Waals surface area contributed by atoms with E-state index in [1.54, 1.807) is 18.7 Å². The Hall–Kier alpha value is -1.14. The summed E-state index contributed by atoms with van der Waals surface area (Å²) in [4.78, 5) is 25.9. The Kier molecular flexibility index (Phi) is 8.30. The number of unbranched alkanes of at least 4 members (excludes halogenated alkanes) is 2. The lowest BCUT2D eigenvalue weighted by atomic mass is 10.2. The molecule has 2 atom stereocenters. The standard InChI is InChI=1S/C15H29N3O3/c1-4-5-6-7-16-14(19)12(2)17-13(3)15(20)18-8-10-21-11-9-18/h12-13,17H,4-11H2,1-3H3,(H,16,19). The minimum Gasteiger partial charge on any atom is -0.378 e. The molecule has 1 aliphatic rings. The van der Waals surface area contributed by atoms with Gasteiger partial charge in [-0.3, -0.25) is 14.9 Å². The normalized spacial score (nSPS) is 18.1. The van der Waals surface area contributed by atoms with Crippen LogP contribution in [0.5, 0.6) is 0 Å². The number of rotatable bonds is 8. The van der Waals surface area contributed by atoms with Gasteiger partial charge in [0.25, 0.3) is 0 Å². The van der Waals surface area contributed by atoms with Crippen molar-refractivity contribution in [3.05, 3.63) is 0 Å². The third-order valence-corrected chi connectivity index (χ3v) is 3.67. The number of carbonyl (C=O) groups is 2. The van der Waals surface area contributed by atoms with Crippen LogP contribution in [0.25, 0.3) is 0 Å². The van der Waals surface area contributed by atoms with Crippen LogP contribution in [0.1, 0.15) is 40.0 Å². The average Bonchev–Trinajstić information content (AvgIpc) is 2.51. The Balaban J connectivity index is 2.29. The van der Waals surface area contributed by atoms with Gasteiger partial charge in [0.05, 0.1) is 25.3 Å². The van der Waals surface area contributed by atoms with Crippen LogP contribution in [0.2, 0.25) is 0 Å². The van der Waals surface area contributed by atoms with Crippen molar-refractivity contribution in [2.24, 2.45) is 0 Å². The minimum absolute atomic E-state index is 0.0314. The second kappa shape index (κ2) is 9.73. The summed E-state index contributed by atoms with van der Waals surface area (Å²) in [6.07, 6.45) is 3.25.